The van der Waals surface area contributed by atoms with Crippen LogP contribution in [0, 0.1) is 6.92 Å². The molecule has 1 unspecified atom stereocenters. The molecule has 1 aliphatic heterocycles. The summed E-state index contributed by atoms with van der Waals surface area (Å²) in [5, 5.41) is 3.97. The number of nitrogens with one attached hydrogen (secondary N) is 1. The summed E-state index contributed by atoms with van der Waals surface area (Å²) in [4.78, 5) is 20.4. The molecule has 1 N–H and O–H groups in total. The highest BCUT2D eigenvalue weighted by Gasteiger charge is 2.24. The highest BCUT2D eigenvalue weighted by atomic mass is 32.1. The first kappa shape index (κ1) is 18.9. The number of thiazole rings is 1. The van der Waals surface area contributed by atoms with Crippen molar-refractivity contribution in [3.05, 3.63) is 34.8 Å². The number of benzene rings is 1. The Morgan fingerprint density at radius 2 is 2.12 bits per heavy atom. The number of likely N-dealkylation sites (tertiary alicyclic amines) is 1. The summed E-state index contributed by atoms with van der Waals surface area (Å²) in [7, 11) is 0. The van der Waals surface area contributed by atoms with Crippen LogP contribution in [0.3, 0.4) is 0 Å². The smallest absolute Gasteiger partial charge is 0.263 e. The van der Waals surface area contributed by atoms with Gasteiger partial charge in [-0.1, -0.05) is 6.92 Å². The second-order valence-corrected chi connectivity index (χ2v) is 7.52. The standard InChI is InChI=1S/C20H27N3O2S/c1-4-23-12-6-7-16(23)13-21-19(24)18-14(3)22-20(26-18)15-8-10-17(11-9-15)25-5-2/h8-11,16H,4-7,12-13H2,1-3H3,(H,21,24). The first-order chi connectivity index (χ1) is 12.6. The van der Waals surface area contributed by atoms with Crippen LogP contribution in [0.4, 0.5) is 0 Å². The molecule has 26 heavy (non-hydrogen) atoms. The normalized spacial score (nSPS) is 17.4. The molecule has 1 atom stereocenters. The predicted octanol–water partition coefficient (Wildman–Crippen LogP) is 3.73. The third kappa shape index (κ3) is 4.24. The zero-order chi connectivity index (χ0) is 18.5. The van der Waals surface area contributed by atoms with E-state index in [1.54, 1.807) is 0 Å². The molecule has 1 aromatic heterocycles. The SMILES string of the molecule is CCOc1ccc(-c2nc(C)c(C(=O)NCC3CCCN3CC)s2)cc1. The molecule has 2 heterocycles. The van der Waals surface area contributed by atoms with Gasteiger partial charge in [-0.2, -0.15) is 0 Å². The highest BCUT2D eigenvalue weighted by molar-refractivity contribution is 7.17. The van der Waals surface area contributed by atoms with Crippen LogP contribution in [-0.4, -0.2) is 48.1 Å². The quantitative estimate of drug-likeness (QED) is 0.803. The van der Waals surface area contributed by atoms with E-state index in [4.69, 9.17) is 4.74 Å². The van der Waals surface area contributed by atoms with Gasteiger partial charge in [0.1, 0.15) is 15.6 Å². The van der Waals surface area contributed by atoms with Gasteiger partial charge < -0.3 is 10.1 Å². The van der Waals surface area contributed by atoms with E-state index in [0.717, 1.165) is 41.5 Å². The van der Waals surface area contributed by atoms with Gasteiger partial charge in [-0.15, -0.1) is 11.3 Å². The highest BCUT2D eigenvalue weighted by Crippen LogP contribution is 2.29. The van der Waals surface area contributed by atoms with Gasteiger partial charge in [0.25, 0.3) is 5.91 Å². The first-order valence-electron chi connectivity index (χ1n) is 9.35. The second-order valence-electron chi connectivity index (χ2n) is 6.53. The van der Waals surface area contributed by atoms with Crippen LogP contribution in [0.1, 0.15) is 42.1 Å². The number of hydrogen-bond donors (Lipinski definition) is 1. The summed E-state index contributed by atoms with van der Waals surface area (Å²) in [5.74, 6) is 0.833. The number of hydrogen-bond acceptors (Lipinski definition) is 5. The van der Waals surface area contributed by atoms with E-state index >= 15 is 0 Å². The molecule has 6 heteroatoms. The molecule has 0 bridgehead atoms. The van der Waals surface area contributed by atoms with Gasteiger partial charge >= 0.3 is 0 Å². The fourth-order valence-electron chi connectivity index (χ4n) is 3.42. The Balaban J connectivity index is 1.66. The minimum Gasteiger partial charge on any atom is -0.494 e. The minimum atomic E-state index is -0.0138. The Labute approximate surface area is 159 Å². The largest absolute Gasteiger partial charge is 0.494 e. The molecule has 1 aromatic carbocycles. The molecule has 1 amide bonds. The third-order valence-corrected chi connectivity index (χ3v) is 6.02. The molecular formula is C20H27N3O2S. The number of ether oxygens (including phenoxy) is 1. The van der Waals surface area contributed by atoms with Crippen molar-refractivity contribution in [3.63, 3.8) is 0 Å². The van der Waals surface area contributed by atoms with Crippen LogP contribution in [0.2, 0.25) is 0 Å². The average Bonchev–Trinajstić information content (AvgIpc) is 3.26. The maximum absolute atomic E-state index is 12.6. The van der Waals surface area contributed by atoms with E-state index < -0.39 is 0 Å². The molecule has 2 aromatic rings. The van der Waals surface area contributed by atoms with Crippen molar-refractivity contribution in [2.45, 2.75) is 39.7 Å². The Morgan fingerprint density at radius 3 is 2.81 bits per heavy atom. The molecule has 0 spiro atoms. The lowest BCUT2D eigenvalue weighted by Crippen LogP contribution is -2.39. The topological polar surface area (TPSA) is 54.5 Å². The van der Waals surface area contributed by atoms with Gasteiger partial charge in [-0.3, -0.25) is 9.69 Å². The maximum Gasteiger partial charge on any atom is 0.263 e. The first-order valence-corrected chi connectivity index (χ1v) is 10.2. The number of carbonyl (C=O) groups is 1. The maximum atomic E-state index is 12.6. The summed E-state index contributed by atoms with van der Waals surface area (Å²) in [6, 6.07) is 8.32. The number of likely N-dealkylation sites (N-methyl/N-ethyl adjacent to an activating group) is 1. The van der Waals surface area contributed by atoms with Gasteiger partial charge in [0, 0.05) is 18.2 Å². The van der Waals surface area contributed by atoms with Gasteiger partial charge in [0.15, 0.2) is 0 Å². The van der Waals surface area contributed by atoms with Crippen LogP contribution in [0.5, 0.6) is 5.75 Å². The van der Waals surface area contributed by atoms with E-state index in [2.05, 4.69) is 22.1 Å². The van der Waals surface area contributed by atoms with E-state index in [1.165, 1.54) is 17.8 Å². The fourth-order valence-corrected chi connectivity index (χ4v) is 4.41. The van der Waals surface area contributed by atoms with Crippen LogP contribution in [0.15, 0.2) is 24.3 Å². The third-order valence-electron chi connectivity index (χ3n) is 4.82. The molecule has 0 saturated carbocycles. The van der Waals surface area contributed by atoms with Crippen molar-refractivity contribution in [1.29, 1.82) is 0 Å². The van der Waals surface area contributed by atoms with Crippen molar-refractivity contribution in [2.75, 3.05) is 26.2 Å². The molecular weight excluding hydrogens is 346 g/mol. The summed E-state index contributed by atoms with van der Waals surface area (Å²) in [6.45, 7) is 9.58. The number of aromatic nitrogens is 1. The number of aryl methyl sites for hydroxylation is 1. The summed E-state index contributed by atoms with van der Waals surface area (Å²) < 4.78 is 5.48. The Kier molecular flexibility index (Phi) is 6.27. The Hall–Kier alpha value is -1.92. The summed E-state index contributed by atoms with van der Waals surface area (Å²) in [5.41, 5.74) is 1.80. The van der Waals surface area contributed by atoms with Gasteiger partial charge in [-0.25, -0.2) is 4.98 Å². The van der Waals surface area contributed by atoms with Gasteiger partial charge in [0.05, 0.1) is 12.3 Å². The lowest BCUT2D eigenvalue weighted by Gasteiger charge is -2.22. The number of nitrogens with zero attached hydrogens (tertiary/aromatic N) is 2. The van der Waals surface area contributed by atoms with Crippen molar-refractivity contribution in [3.8, 4) is 16.3 Å². The Bertz CT molecular complexity index is 742. The van der Waals surface area contributed by atoms with Crippen LogP contribution in [-0.2, 0) is 0 Å². The molecule has 1 fully saturated rings. The van der Waals surface area contributed by atoms with E-state index in [9.17, 15) is 4.79 Å². The predicted molar refractivity (Wildman–Crippen MR) is 106 cm³/mol. The summed E-state index contributed by atoms with van der Waals surface area (Å²) >= 11 is 1.45. The van der Waals surface area contributed by atoms with Crippen LogP contribution >= 0.6 is 11.3 Å². The summed E-state index contributed by atoms with van der Waals surface area (Å²) in [6.07, 6.45) is 2.38. The minimum absolute atomic E-state index is 0.0138. The lowest BCUT2D eigenvalue weighted by atomic mass is 10.2. The zero-order valence-corrected chi connectivity index (χ0v) is 16.6. The van der Waals surface area contributed by atoms with Crippen LogP contribution in [0.25, 0.3) is 10.6 Å². The van der Waals surface area contributed by atoms with Crippen molar-refractivity contribution < 1.29 is 9.53 Å². The van der Waals surface area contributed by atoms with E-state index in [-0.39, 0.29) is 5.91 Å². The number of carbonyl (C=O) groups excluding carboxylic acids is 1. The van der Waals surface area contributed by atoms with Crippen molar-refractivity contribution >= 4 is 17.2 Å². The number of amides is 1. The molecule has 140 valence electrons. The van der Waals surface area contributed by atoms with E-state index in [1.807, 2.05) is 38.1 Å². The average molecular weight is 374 g/mol. The van der Waals surface area contributed by atoms with Gasteiger partial charge in [-0.05, 0) is 64.0 Å². The molecule has 0 aliphatic carbocycles. The molecule has 1 saturated heterocycles. The molecule has 0 radical (unpaired) electrons. The van der Waals surface area contributed by atoms with Gasteiger partial charge in [0.2, 0.25) is 0 Å². The molecule has 5 nitrogen and oxygen atoms in total. The Morgan fingerprint density at radius 1 is 1.35 bits per heavy atom. The molecule has 3 rings (SSSR count). The zero-order valence-electron chi connectivity index (χ0n) is 15.7. The van der Waals surface area contributed by atoms with Crippen molar-refractivity contribution in [2.24, 2.45) is 0 Å². The van der Waals surface area contributed by atoms with Crippen molar-refractivity contribution in [1.82, 2.24) is 15.2 Å². The number of rotatable bonds is 7. The fraction of sp³-hybridized carbons (Fsp3) is 0.500. The lowest BCUT2D eigenvalue weighted by molar-refractivity contribution is 0.0944. The van der Waals surface area contributed by atoms with E-state index in [0.29, 0.717) is 24.1 Å². The van der Waals surface area contributed by atoms with Crippen LogP contribution < -0.4 is 10.1 Å². The second kappa shape index (κ2) is 8.64. The molecule has 1 aliphatic rings. The monoisotopic (exact) mass is 373 g/mol.